The number of rotatable bonds is 8. The number of nitrogens with one attached hydrogen (secondary N) is 1. The molecule has 7 nitrogen and oxygen atoms in total. The normalized spacial score (nSPS) is 25.8. The molecule has 1 N–H and O–H groups in total. The molecule has 0 heterocycles. The molecule has 2 amide bonds. The molecule has 4 bridgehead atoms. The summed E-state index contributed by atoms with van der Waals surface area (Å²) in [4.78, 5) is 39.6. The summed E-state index contributed by atoms with van der Waals surface area (Å²) in [5, 5.41) is 2.67. The van der Waals surface area contributed by atoms with Gasteiger partial charge in [-0.2, -0.15) is 0 Å². The summed E-state index contributed by atoms with van der Waals surface area (Å²) in [6.45, 7) is 1.61. The second kappa shape index (κ2) is 9.96. The molecular formula is C29H34N2O5. The lowest BCUT2D eigenvalue weighted by molar-refractivity contribution is -0.155. The van der Waals surface area contributed by atoms with Crippen molar-refractivity contribution in [1.82, 2.24) is 4.90 Å². The second-order valence-corrected chi connectivity index (χ2v) is 10.8. The first-order valence-electron chi connectivity index (χ1n) is 12.8. The van der Waals surface area contributed by atoms with Crippen LogP contribution in [-0.4, -0.2) is 41.9 Å². The number of ether oxygens (including phenoxy) is 2. The Kier molecular flexibility index (Phi) is 6.73. The highest BCUT2D eigenvalue weighted by molar-refractivity contribution is 5.93. The van der Waals surface area contributed by atoms with Crippen LogP contribution in [0.15, 0.2) is 48.5 Å². The van der Waals surface area contributed by atoms with Crippen LogP contribution in [0.4, 0.5) is 5.69 Å². The minimum absolute atomic E-state index is 0.150. The number of carbonyl (C=O) groups excluding carboxylic acids is 3. The van der Waals surface area contributed by atoms with Crippen molar-refractivity contribution in [2.45, 2.75) is 57.5 Å². The van der Waals surface area contributed by atoms with E-state index in [4.69, 9.17) is 9.47 Å². The van der Waals surface area contributed by atoms with Crippen molar-refractivity contribution in [3.63, 3.8) is 0 Å². The Labute approximate surface area is 212 Å². The van der Waals surface area contributed by atoms with Crippen LogP contribution in [-0.2, 0) is 20.9 Å². The number of esters is 1. The lowest BCUT2D eigenvalue weighted by Crippen LogP contribution is -2.61. The van der Waals surface area contributed by atoms with Crippen molar-refractivity contribution < 1.29 is 23.9 Å². The molecule has 6 rings (SSSR count). The summed E-state index contributed by atoms with van der Waals surface area (Å²) in [5.74, 6) is 1.92. The standard InChI is InChI=1S/C29H34N2O5/c1-19(32)30-25-8-6-24(7-9-25)28(34)36-18-27(33)31(17-20-4-3-5-26(13-20)35-2)29-14-21-10-22(15-29)12-23(11-21)16-29/h3-9,13,21-23H,10-12,14-18H2,1-2H3,(H,30,32). The van der Waals surface area contributed by atoms with E-state index in [2.05, 4.69) is 5.32 Å². The van der Waals surface area contributed by atoms with Gasteiger partial charge in [0.1, 0.15) is 5.75 Å². The zero-order chi connectivity index (χ0) is 25.3. The van der Waals surface area contributed by atoms with Gasteiger partial charge in [-0.25, -0.2) is 4.79 Å². The first-order chi connectivity index (χ1) is 17.3. The van der Waals surface area contributed by atoms with Crippen molar-refractivity contribution in [3.8, 4) is 5.75 Å². The number of hydrogen-bond donors (Lipinski definition) is 1. The number of carbonyl (C=O) groups is 3. The largest absolute Gasteiger partial charge is 0.497 e. The molecule has 4 aliphatic carbocycles. The first-order valence-corrected chi connectivity index (χ1v) is 12.8. The molecule has 0 saturated heterocycles. The van der Waals surface area contributed by atoms with Crippen LogP contribution in [0.1, 0.15) is 61.4 Å². The fourth-order valence-electron chi connectivity index (χ4n) is 7.05. The zero-order valence-corrected chi connectivity index (χ0v) is 21.0. The Hall–Kier alpha value is -3.35. The van der Waals surface area contributed by atoms with E-state index in [0.29, 0.717) is 35.5 Å². The van der Waals surface area contributed by atoms with Crippen LogP contribution in [0.25, 0.3) is 0 Å². The molecule has 2 aromatic carbocycles. The molecular weight excluding hydrogens is 456 g/mol. The summed E-state index contributed by atoms with van der Waals surface area (Å²) >= 11 is 0. The lowest BCUT2D eigenvalue weighted by Gasteiger charge is -2.60. The summed E-state index contributed by atoms with van der Waals surface area (Å²) in [7, 11) is 1.64. The molecule has 0 atom stereocenters. The number of anilines is 1. The molecule has 7 heteroatoms. The average Bonchev–Trinajstić information content (AvgIpc) is 2.85. The fourth-order valence-corrected chi connectivity index (χ4v) is 7.05. The topological polar surface area (TPSA) is 84.9 Å². The van der Waals surface area contributed by atoms with Crippen molar-refractivity contribution in [2.75, 3.05) is 19.0 Å². The van der Waals surface area contributed by atoms with Gasteiger partial charge in [0.2, 0.25) is 5.91 Å². The molecule has 0 aromatic heterocycles. The molecule has 0 radical (unpaired) electrons. The highest BCUT2D eigenvalue weighted by Crippen LogP contribution is 2.58. The van der Waals surface area contributed by atoms with E-state index in [9.17, 15) is 14.4 Å². The Morgan fingerprint density at radius 3 is 2.19 bits per heavy atom. The predicted molar refractivity (Wildman–Crippen MR) is 135 cm³/mol. The van der Waals surface area contributed by atoms with E-state index >= 15 is 0 Å². The molecule has 0 unspecified atom stereocenters. The first kappa shape index (κ1) is 24.3. The summed E-state index contributed by atoms with van der Waals surface area (Å²) in [5.41, 5.74) is 1.78. The van der Waals surface area contributed by atoms with Crippen LogP contribution in [0, 0.1) is 17.8 Å². The minimum Gasteiger partial charge on any atom is -0.497 e. The van der Waals surface area contributed by atoms with Gasteiger partial charge < -0.3 is 19.7 Å². The van der Waals surface area contributed by atoms with Crippen molar-refractivity contribution in [2.24, 2.45) is 17.8 Å². The van der Waals surface area contributed by atoms with Crippen LogP contribution in [0.2, 0.25) is 0 Å². The van der Waals surface area contributed by atoms with Crippen molar-refractivity contribution >= 4 is 23.5 Å². The van der Waals surface area contributed by atoms with Crippen LogP contribution in [0.5, 0.6) is 5.75 Å². The zero-order valence-electron chi connectivity index (χ0n) is 21.0. The Balaban J connectivity index is 1.32. The summed E-state index contributed by atoms with van der Waals surface area (Å²) in [6, 6.07) is 14.3. The Morgan fingerprint density at radius 1 is 0.972 bits per heavy atom. The minimum atomic E-state index is -0.551. The molecule has 4 saturated carbocycles. The van der Waals surface area contributed by atoms with Crippen LogP contribution >= 0.6 is 0 Å². The van der Waals surface area contributed by atoms with E-state index in [1.165, 1.54) is 26.2 Å². The fraction of sp³-hybridized carbons (Fsp3) is 0.483. The Morgan fingerprint density at radius 2 is 1.61 bits per heavy atom. The van der Waals surface area contributed by atoms with Gasteiger partial charge in [-0.3, -0.25) is 9.59 Å². The summed E-state index contributed by atoms with van der Waals surface area (Å²) < 4.78 is 10.9. The number of amides is 2. The lowest BCUT2D eigenvalue weighted by atomic mass is 9.52. The third-order valence-electron chi connectivity index (χ3n) is 8.12. The third kappa shape index (κ3) is 5.11. The molecule has 4 aliphatic rings. The number of benzene rings is 2. The molecule has 2 aromatic rings. The van der Waals surface area contributed by atoms with Crippen LogP contribution < -0.4 is 10.1 Å². The quantitative estimate of drug-likeness (QED) is 0.537. The Bertz CT molecular complexity index is 1110. The van der Waals surface area contributed by atoms with Gasteiger partial charge in [-0.15, -0.1) is 0 Å². The van der Waals surface area contributed by atoms with Gasteiger partial charge in [-0.1, -0.05) is 12.1 Å². The maximum absolute atomic E-state index is 13.7. The monoisotopic (exact) mass is 490 g/mol. The molecule has 4 fully saturated rings. The van der Waals surface area contributed by atoms with Gasteiger partial charge >= 0.3 is 5.97 Å². The maximum atomic E-state index is 13.7. The number of hydrogen-bond acceptors (Lipinski definition) is 5. The van der Waals surface area contributed by atoms with E-state index in [-0.39, 0.29) is 24.0 Å². The third-order valence-corrected chi connectivity index (χ3v) is 8.12. The summed E-state index contributed by atoms with van der Waals surface area (Å²) in [6.07, 6.45) is 6.95. The second-order valence-electron chi connectivity index (χ2n) is 10.8. The maximum Gasteiger partial charge on any atom is 0.338 e. The molecule has 36 heavy (non-hydrogen) atoms. The van der Waals surface area contributed by atoms with E-state index in [1.807, 2.05) is 29.2 Å². The van der Waals surface area contributed by atoms with Crippen molar-refractivity contribution in [3.05, 3.63) is 59.7 Å². The smallest absolute Gasteiger partial charge is 0.338 e. The molecule has 0 aliphatic heterocycles. The van der Waals surface area contributed by atoms with Crippen molar-refractivity contribution in [1.29, 1.82) is 0 Å². The van der Waals surface area contributed by atoms with Gasteiger partial charge in [0.25, 0.3) is 5.91 Å². The van der Waals surface area contributed by atoms with Gasteiger partial charge in [0.15, 0.2) is 6.61 Å². The van der Waals surface area contributed by atoms with E-state index in [1.54, 1.807) is 31.4 Å². The van der Waals surface area contributed by atoms with Crippen LogP contribution in [0.3, 0.4) is 0 Å². The predicted octanol–water partition coefficient (Wildman–Crippen LogP) is 4.81. The van der Waals surface area contributed by atoms with E-state index in [0.717, 1.165) is 30.6 Å². The average molecular weight is 491 g/mol. The highest BCUT2D eigenvalue weighted by Gasteiger charge is 2.54. The SMILES string of the molecule is COc1cccc(CN(C(=O)COC(=O)c2ccc(NC(C)=O)cc2)C23CC4CC(CC(C4)C2)C3)c1. The number of methoxy groups -OCH3 is 1. The number of nitrogens with zero attached hydrogens (tertiary/aromatic N) is 1. The van der Waals surface area contributed by atoms with Gasteiger partial charge in [0, 0.05) is 24.7 Å². The highest BCUT2D eigenvalue weighted by atomic mass is 16.5. The van der Waals surface area contributed by atoms with Gasteiger partial charge in [0.05, 0.1) is 12.7 Å². The van der Waals surface area contributed by atoms with E-state index < -0.39 is 5.97 Å². The van der Waals surface area contributed by atoms with Gasteiger partial charge in [-0.05, 0) is 98.2 Å². The molecule has 190 valence electrons. The molecule has 0 spiro atoms.